The van der Waals surface area contributed by atoms with Crippen molar-refractivity contribution in [3.63, 3.8) is 0 Å². The molecule has 1 fully saturated rings. The number of sulfonamides is 1. The molecule has 0 saturated carbocycles. The van der Waals surface area contributed by atoms with Crippen molar-refractivity contribution in [2.45, 2.75) is 18.2 Å². The molecule has 3 rings (SSSR count). The molecule has 0 unspecified atom stereocenters. The van der Waals surface area contributed by atoms with Gasteiger partial charge in [0.05, 0.1) is 19.1 Å². The molecule has 2 amide bonds. The predicted molar refractivity (Wildman–Crippen MR) is 120 cm³/mol. The third kappa shape index (κ3) is 5.03. The van der Waals surface area contributed by atoms with E-state index in [2.05, 4.69) is 5.32 Å². The number of methoxy groups -OCH3 is 2. The van der Waals surface area contributed by atoms with Crippen LogP contribution in [0.4, 0.5) is 5.69 Å². The Morgan fingerprint density at radius 1 is 0.969 bits per heavy atom. The van der Waals surface area contributed by atoms with Crippen LogP contribution in [0.25, 0.3) is 0 Å². The molecular formula is C22H27N3O6S. The lowest BCUT2D eigenvalue weighted by Crippen LogP contribution is -2.50. The van der Waals surface area contributed by atoms with E-state index in [9.17, 15) is 18.0 Å². The highest BCUT2D eigenvalue weighted by molar-refractivity contribution is 7.89. The van der Waals surface area contributed by atoms with Gasteiger partial charge in [-0.1, -0.05) is 13.0 Å². The zero-order valence-electron chi connectivity index (χ0n) is 18.3. The van der Waals surface area contributed by atoms with Gasteiger partial charge in [0.2, 0.25) is 15.9 Å². The molecule has 1 saturated heterocycles. The molecule has 0 aliphatic carbocycles. The second-order valence-electron chi connectivity index (χ2n) is 7.20. The van der Waals surface area contributed by atoms with Crippen LogP contribution >= 0.6 is 0 Å². The Labute approximate surface area is 188 Å². The molecule has 0 aromatic heterocycles. The summed E-state index contributed by atoms with van der Waals surface area (Å²) in [6.07, 6.45) is 0.342. The van der Waals surface area contributed by atoms with Crippen molar-refractivity contribution in [3.05, 3.63) is 48.0 Å². The van der Waals surface area contributed by atoms with Gasteiger partial charge in [-0.15, -0.1) is 0 Å². The van der Waals surface area contributed by atoms with Crippen LogP contribution in [-0.4, -0.2) is 69.8 Å². The Hall–Kier alpha value is -3.11. The minimum atomic E-state index is -3.74. The zero-order valence-corrected chi connectivity index (χ0v) is 19.1. The topological polar surface area (TPSA) is 105 Å². The van der Waals surface area contributed by atoms with E-state index < -0.39 is 10.0 Å². The zero-order chi connectivity index (χ0) is 23.3. The summed E-state index contributed by atoms with van der Waals surface area (Å²) in [5, 5.41) is 2.74. The average Bonchev–Trinajstić information content (AvgIpc) is 2.83. The van der Waals surface area contributed by atoms with Crippen molar-refractivity contribution in [1.29, 1.82) is 0 Å². The quantitative estimate of drug-likeness (QED) is 0.678. The first kappa shape index (κ1) is 23.6. The minimum Gasteiger partial charge on any atom is -0.493 e. The lowest BCUT2D eigenvalue weighted by atomic mass is 10.1. The van der Waals surface area contributed by atoms with E-state index in [1.54, 1.807) is 42.2 Å². The second kappa shape index (κ2) is 10.0. The maximum Gasteiger partial charge on any atom is 0.254 e. The summed E-state index contributed by atoms with van der Waals surface area (Å²) in [5.41, 5.74) is 0.993. The van der Waals surface area contributed by atoms with E-state index in [-0.39, 0.29) is 42.9 Å². The van der Waals surface area contributed by atoms with E-state index in [4.69, 9.17) is 9.47 Å². The monoisotopic (exact) mass is 461 g/mol. The van der Waals surface area contributed by atoms with Crippen LogP contribution in [0.5, 0.6) is 11.5 Å². The first-order valence-corrected chi connectivity index (χ1v) is 11.7. The number of amides is 2. The maximum atomic E-state index is 13.1. The van der Waals surface area contributed by atoms with E-state index in [0.29, 0.717) is 29.2 Å². The Balaban J connectivity index is 1.69. The van der Waals surface area contributed by atoms with Crippen LogP contribution in [0.3, 0.4) is 0 Å². The van der Waals surface area contributed by atoms with Gasteiger partial charge >= 0.3 is 0 Å². The normalized spacial score (nSPS) is 14.7. The number of carbonyl (C=O) groups is 2. The van der Waals surface area contributed by atoms with Crippen molar-refractivity contribution >= 4 is 27.5 Å². The molecule has 2 aromatic rings. The Morgan fingerprint density at radius 2 is 1.66 bits per heavy atom. The molecule has 172 valence electrons. The van der Waals surface area contributed by atoms with Gasteiger partial charge in [0.25, 0.3) is 5.91 Å². The van der Waals surface area contributed by atoms with Gasteiger partial charge in [0.15, 0.2) is 11.5 Å². The first-order valence-electron chi connectivity index (χ1n) is 10.2. The fourth-order valence-corrected chi connectivity index (χ4v) is 4.86. The molecule has 0 atom stereocenters. The van der Waals surface area contributed by atoms with Crippen LogP contribution in [0.1, 0.15) is 23.7 Å². The smallest absolute Gasteiger partial charge is 0.254 e. The van der Waals surface area contributed by atoms with E-state index in [1.807, 2.05) is 0 Å². The second-order valence-corrected chi connectivity index (χ2v) is 9.13. The molecule has 1 aliphatic rings. The Bertz CT molecular complexity index is 1090. The molecule has 1 N–H and O–H groups in total. The van der Waals surface area contributed by atoms with Crippen LogP contribution in [-0.2, 0) is 14.8 Å². The van der Waals surface area contributed by atoms with Crippen LogP contribution in [0.15, 0.2) is 47.4 Å². The molecule has 1 aliphatic heterocycles. The molecule has 0 radical (unpaired) electrons. The largest absolute Gasteiger partial charge is 0.493 e. The number of ether oxygens (including phenoxy) is 2. The van der Waals surface area contributed by atoms with Gasteiger partial charge in [-0.2, -0.15) is 4.31 Å². The van der Waals surface area contributed by atoms with Crippen molar-refractivity contribution in [1.82, 2.24) is 9.21 Å². The average molecular weight is 462 g/mol. The Kier molecular flexibility index (Phi) is 7.37. The standard InChI is InChI=1S/C22H27N3O6S/c1-4-21(26)23-17-7-5-6-16(14-17)22(27)24-10-12-25(13-11-24)32(28,29)18-8-9-19(30-2)20(15-18)31-3/h5-9,14-15H,4,10-13H2,1-3H3,(H,23,26). The number of hydrogen-bond donors (Lipinski definition) is 1. The number of piperazine rings is 1. The van der Waals surface area contributed by atoms with Gasteiger partial charge < -0.3 is 19.7 Å². The summed E-state index contributed by atoms with van der Waals surface area (Å²) in [7, 11) is -0.817. The van der Waals surface area contributed by atoms with Crippen LogP contribution in [0.2, 0.25) is 0 Å². The van der Waals surface area contributed by atoms with Gasteiger partial charge in [0, 0.05) is 49.9 Å². The molecule has 10 heteroatoms. The maximum absolute atomic E-state index is 13.1. The number of nitrogens with one attached hydrogen (secondary N) is 1. The number of benzene rings is 2. The molecule has 2 aromatic carbocycles. The highest BCUT2D eigenvalue weighted by Crippen LogP contribution is 2.31. The molecule has 1 heterocycles. The van der Waals surface area contributed by atoms with Crippen molar-refractivity contribution in [3.8, 4) is 11.5 Å². The number of rotatable bonds is 7. The van der Waals surface area contributed by atoms with E-state index >= 15 is 0 Å². The lowest BCUT2D eigenvalue weighted by molar-refractivity contribution is -0.115. The van der Waals surface area contributed by atoms with Crippen molar-refractivity contribution in [2.75, 3.05) is 45.7 Å². The molecule has 0 bridgehead atoms. The SMILES string of the molecule is CCC(=O)Nc1cccc(C(=O)N2CCN(S(=O)(=O)c3ccc(OC)c(OC)c3)CC2)c1. The van der Waals surface area contributed by atoms with Gasteiger partial charge in [-0.3, -0.25) is 9.59 Å². The fourth-order valence-electron chi connectivity index (χ4n) is 3.42. The summed E-state index contributed by atoms with van der Waals surface area (Å²) in [4.78, 5) is 26.2. The molecule has 9 nitrogen and oxygen atoms in total. The number of hydrogen-bond acceptors (Lipinski definition) is 6. The number of carbonyl (C=O) groups excluding carboxylic acids is 2. The minimum absolute atomic E-state index is 0.106. The summed E-state index contributed by atoms with van der Waals surface area (Å²) >= 11 is 0. The molecule has 32 heavy (non-hydrogen) atoms. The van der Waals surface area contributed by atoms with Gasteiger partial charge in [-0.25, -0.2) is 8.42 Å². The summed E-state index contributed by atoms with van der Waals surface area (Å²) < 4.78 is 37.9. The molecule has 0 spiro atoms. The first-order chi connectivity index (χ1) is 15.3. The van der Waals surface area contributed by atoms with Gasteiger partial charge in [-0.05, 0) is 30.3 Å². The summed E-state index contributed by atoms with van der Waals surface area (Å²) in [6, 6.07) is 11.2. The van der Waals surface area contributed by atoms with Gasteiger partial charge in [0.1, 0.15) is 0 Å². The van der Waals surface area contributed by atoms with Crippen molar-refractivity contribution < 1.29 is 27.5 Å². The highest BCUT2D eigenvalue weighted by Gasteiger charge is 2.31. The van der Waals surface area contributed by atoms with E-state index in [0.717, 1.165) is 0 Å². The lowest BCUT2D eigenvalue weighted by Gasteiger charge is -2.34. The third-order valence-electron chi connectivity index (χ3n) is 5.23. The highest BCUT2D eigenvalue weighted by atomic mass is 32.2. The third-order valence-corrected chi connectivity index (χ3v) is 7.13. The fraction of sp³-hybridized carbons (Fsp3) is 0.364. The van der Waals surface area contributed by atoms with Crippen LogP contribution < -0.4 is 14.8 Å². The number of anilines is 1. The van der Waals surface area contributed by atoms with E-state index in [1.165, 1.54) is 30.7 Å². The Morgan fingerprint density at radius 3 is 2.28 bits per heavy atom. The predicted octanol–water partition coefficient (Wildman–Crippen LogP) is 2.20. The van der Waals surface area contributed by atoms with Crippen LogP contribution in [0, 0.1) is 0 Å². The summed E-state index contributed by atoms with van der Waals surface area (Å²) in [5.74, 6) is 0.431. The summed E-state index contributed by atoms with van der Waals surface area (Å²) in [6.45, 7) is 2.62. The van der Waals surface area contributed by atoms with Crippen molar-refractivity contribution in [2.24, 2.45) is 0 Å². The number of nitrogens with zero attached hydrogens (tertiary/aromatic N) is 2. The molecular weight excluding hydrogens is 434 g/mol.